The number of benzene rings is 1. The zero-order chi connectivity index (χ0) is 13.6. The largest absolute Gasteiger partial charge is 0.366 e. The van der Waals surface area contributed by atoms with Crippen molar-refractivity contribution in [2.45, 2.75) is 57.7 Å². The molecular formula is C17H27NO. The van der Waals surface area contributed by atoms with Crippen molar-refractivity contribution in [1.29, 1.82) is 0 Å². The highest BCUT2D eigenvalue weighted by molar-refractivity contribution is 5.17. The molecule has 0 saturated heterocycles. The Morgan fingerprint density at radius 3 is 2.47 bits per heavy atom. The van der Waals surface area contributed by atoms with Crippen LogP contribution in [0.15, 0.2) is 30.3 Å². The van der Waals surface area contributed by atoms with E-state index in [2.05, 4.69) is 49.5 Å². The van der Waals surface area contributed by atoms with Crippen molar-refractivity contribution >= 4 is 0 Å². The van der Waals surface area contributed by atoms with Crippen LogP contribution in [0.2, 0.25) is 0 Å². The molecule has 2 heteroatoms. The van der Waals surface area contributed by atoms with Crippen LogP contribution in [0.5, 0.6) is 0 Å². The zero-order valence-electron chi connectivity index (χ0n) is 12.3. The smallest absolute Gasteiger partial charge is 0.0814 e. The Bertz CT molecular complexity index is 357. The number of rotatable bonds is 6. The van der Waals surface area contributed by atoms with Gasteiger partial charge in [-0.25, -0.2) is 0 Å². The van der Waals surface area contributed by atoms with Gasteiger partial charge in [-0.2, -0.15) is 0 Å². The molecule has 1 unspecified atom stereocenters. The fraction of sp³-hybridized carbons (Fsp3) is 0.647. The summed E-state index contributed by atoms with van der Waals surface area (Å²) in [5, 5.41) is 3.49. The van der Waals surface area contributed by atoms with Crippen LogP contribution in [0.25, 0.3) is 0 Å². The molecule has 1 saturated carbocycles. The molecule has 0 aliphatic heterocycles. The van der Waals surface area contributed by atoms with Crippen molar-refractivity contribution < 1.29 is 4.74 Å². The Labute approximate surface area is 117 Å². The molecule has 0 spiro atoms. The summed E-state index contributed by atoms with van der Waals surface area (Å²) >= 11 is 0. The average molecular weight is 261 g/mol. The Hall–Kier alpha value is -0.860. The van der Waals surface area contributed by atoms with Gasteiger partial charge in [-0.05, 0) is 31.9 Å². The van der Waals surface area contributed by atoms with Gasteiger partial charge in [0.2, 0.25) is 0 Å². The SMILES string of the molecule is CCNCC1(OC(C)c2ccccc2)CCCCC1. The number of likely N-dealkylation sites (N-methyl/N-ethyl adjacent to an activating group) is 1. The molecule has 1 aromatic carbocycles. The maximum absolute atomic E-state index is 6.50. The first-order valence-electron chi connectivity index (χ1n) is 7.69. The molecule has 1 atom stereocenters. The van der Waals surface area contributed by atoms with E-state index < -0.39 is 0 Å². The Morgan fingerprint density at radius 2 is 1.84 bits per heavy atom. The van der Waals surface area contributed by atoms with Crippen molar-refractivity contribution in [3.63, 3.8) is 0 Å². The minimum Gasteiger partial charge on any atom is -0.366 e. The van der Waals surface area contributed by atoms with Crippen LogP contribution in [0.1, 0.15) is 57.6 Å². The molecular weight excluding hydrogens is 234 g/mol. The number of hydrogen-bond donors (Lipinski definition) is 1. The van der Waals surface area contributed by atoms with E-state index in [9.17, 15) is 0 Å². The van der Waals surface area contributed by atoms with Crippen molar-refractivity contribution in [2.75, 3.05) is 13.1 Å². The summed E-state index contributed by atoms with van der Waals surface area (Å²) in [5.41, 5.74) is 1.33. The molecule has 0 amide bonds. The van der Waals surface area contributed by atoms with Gasteiger partial charge in [0, 0.05) is 6.54 Å². The normalized spacial score (nSPS) is 20.1. The molecule has 1 aliphatic rings. The number of hydrogen-bond acceptors (Lipinski definition) is 2. The van der Waals surface area contributed by atoms with Crippen molar-refractivity contribution in [3.8, 4) is 0 Å². The molecule has 0 heterocycles. The number of nitrogens with one attached hydrogen (secondary N) is 1. The van der Waals surface area contributed by atoms with Gasteiger partial charge in [-0.15, -0.1) is 0 Å². The predicted octanol–water partition coefficient (Wildman–Crippen LogP) is 4.08. The van der Waals surface area contributed by atoms with Crippen LogP contribution < -0.4 is 5.32 Å². The van der Waals surface area contributed by atoms with Crippen molar-refractivity contribution in [2.24, 2.45) is 0 Å². The highest BCUT2D eigenvalue weighted by Gasteiger charge is 2.34. The zero-order valence-corrected chi connectivity index (χ0v) is 12.3. The first kappa shape index (κ1) is 14.5. The van der Waals surface area contributed by atoms with E-state index in [4.69, 9.17) is 4.74 Å². The summed E-state index contributed by atoms with van der Waals surface area (Å²) < 4.78 is 6.50. The van der Waals surface area contributed by atoms with E-state index in [-0.39, 0.29) is 11.7 Å². The van der Waals surface area contributed by atoms with Crippen LogP contribution in [-0.4, -0.2) is 18.7 Å². The van der Waals surface area contributed by atoms with Gasteiger partial charge in [0.05, 0.1) is 11.7 Å². The fourth-order valence-corrected chi connectivity index (χ4v) is 3.05. The highest BCUT2D eigenvalue weighted by Crippen LogP contribution is 2.35. The lowest BCUT2D eigenvalue weighted by molar-refractivity contribution is -0.107. The van der Waals surface area contributed by atoms with E-state index >= 15 is 0 Å². The second-order valence-electron chi connectivity index (χ2n) is 5.69. The van der Waals surface area contributed by atoms with Gasteiger partial charge in [0.15, 0.2) is 0 Å². The van der Waals surface area contributed by atoms with Crippen LogP contribution in [0.4, 0.5) is 0 Å². The van der Waals surface area contributed by atoms with Gasteiger partial charge in [-0.3, -0.25) is 0 Å². The van der Waals surface area contributed by atoms with E-state index in [0.29, 0.717) is 0 Å². The lowest BCUT2D eigenvalue weighted by atomic mass is 9.84. The summed E-state index contributed by atoms with van der Waals surface area (Å²) in [6, 6.07) is 10.6. The van der Waals surface area contributed by atoms with Crippen molar-refractivity contribution in [3.05, 3.63) is 35.9 Å². The average Bonchev–Trinajstić information content (AvgIpc) is 2.47. The summed E-state index contributed by atoms with van der Waals surface area (Å²) in [5.74, 6) is 0. The minimum atomic E-state index is 0.0452. The van der Waals surface area contributed by atoms with Gasteiger partial charge >= 0.3 is 0 Å². The summed E-state index contributed by atoms with van der Waals surface area (Å²) in [7, 11) is 0. The molecule has 19 heavy (non-hydrogen) atoms. The monoisotopic (exact) mass is 261 g/mol. The summed E-state index contributed by atoms with van der Waals surface area (Å²) in [6.07, 6.45) is 6.52. The van der Waals surface area contributed by atoms with Gasteiger partial charge in [-0.1, -0.05) is 56.5 Å². The summed E-state index contributed by atoms with van der Waals surface area (Å²) in [6.45, 7) is 6.35. The first-order valence-corrected chi connectivity index (χ1v) is 7.69. The molecule has 1 aromatic rings. The van der Waals surface area contributed by atoms with Crippen LogP contribution in [0.3, 0.4) is 0 Å². The van der Waals surface area contributed by atoms with Crippen LogP contribution >= 0.6 is 0 Å². The first-order chi connectivity index (χ1) is 9.26. The standard InChI is InChI=1S/C17H27NO/c1-3-18-14-17(12-8-5-9-13-17)19-15(2)16-10-6-4-7-11-16/h4,6-7,10-11,15,18H,3,5,8-9,12-14H2,1-2H3. The topological polar surface area (TPSA) is 21.3 Å². The molecule has 0 aromatic heterocycles. The maximum atomic E-state index is 6.50. The molecule has 1 N–H and O–H groups in total. The van der Waals surface area contributed by atoms with E-state index in [0.717, 1.165) is 13.1 Å². The van der Waals surface area contributed by atoms with Crippen molar-refractivity contribution in [1.82, 2.24) is 5.32 Å². The third-order valence-electron chi connectivity index (χ3n) is 4.16. The lowest BCUT2D eigenvalue weighted by Crippen LogP contribution is -2.45. The highest BCUT2D eigenvalue weighted by atomic mass is 16.5. The van der Waals surface area contributed by atoms with Gasteiger partial charge in [0.25, 0.3) is 0 Å². The Kier molecular flexibility index (Phi) is 5.41. The molecule has 0 bridgehead atoms. The second kappa shape index (κ2) is 7.06. The molecule has 1 fully saturated rings. The van der Waals surface area contributed by atoms with Crippen LogP contribution in [0, 0.1) is 0 Å². The molecule has 106 valence electrons. The molecule has 2 rings (SSSR count). The minimum absolute atomic E-state index is 0.0452. The van der Waals surface area contributed by atoms with E-state index in [1.807, 2.05) is 0 Å². The number of ether oxygens (including phenoxy) is 1. The fourth-order valence-electron chi connectivity index (χ4n) is 3.05. The Morgan fingerprint density at radius 1 is 1.16 bits per heavy atom. The predicted molar refractivity (Wildman–Crippen MR) is 80.3 cm³/mol. The maximum Gasteiger partial charge on any atom is 0.0814 e. The van der Waals surface area contributed by atoms with E-state index in [1.54, 1.807) is 0 Å². The second-order valence-corrected chi connectivity index (χ2v) is 5.69. The summed E-state index contributed by atoms with van der Waals surface area (Å²) in [4.78, 5) is 0. The Balaban J connectivity index is 2.02. The van der Waals surface area contributed by atoms with Gasteiger partial charge in [0.1, 0.15) is 0 Å². The van der Waals surface area contributed by atoms with E-state index in [1.165, 1.54) is 37.7 Å². The third kappa shape index (κ3) is 4.05. The molecule has 0 radical (unpaired) electrons. The quantitative estimate of drug-likeness (QED) is 0.833. The van der Waals surface area contributed by atoms with Crippen LogP contribution in [-0.2, 0) is 4.74 Å². The lowest BCUT2D eigenvalue weighted by Gasteiger charge is -2.39. The molecule has 2 nitrogen and oxygen atoms in total. The third-order valence-corrected chi connectivity index (χ3v) is 4.16. The molecule has 1 aliphatic carbocycles. The van der Waals surface area contributed by atoms with Gasteiger partial charge < -0.3 is 10.1 Å².